The van der Waals surface area contributed by atoms with Crippen LogP contribution in [0.5, 0.6) is 0 Å². The molecule has 18 N–H and O–H groups in total. The van der Waals surface area contributed by atoms with Crippen LogP contribution in [0.3, 0.4) is 0 Å². The van der Waals surface area contributed by atoms with E-state index in [2.05, 4.69) is 10.3 Å². The number of rotatable bonds is 12. The minimum absolute atomic E-state index is 0.0349. The minimum Gasteiger partial charge on any atom is -0.394 e. The van der Waals surface area contributed by atoms with Crippen LogP contribution in [0.4, 0.5) is 4.39 Å². The first-order valence-electron chi connectivity index (χ1n) is 14.2. The first kappa shape index (κ1) is 36.6. The molecule has 9 unspecified atom stereocenters. The molecule has 2 heterocycles. The standard InChI is InChI=1S/C24H46FN7O12/c25-8-3-24(30,7-41-21-18(39)17(38)15(36)11(5-27)42-21)4-9(31-20(40)10(34)1-2-26)19(8)44-22-16(37)13(32-23(28)29)14(35)12(6-33)43-22/h8-19,21-22,33-39H,1-7,26-27,30H2,(H,31,40)(H4,28,29,32)/t8?,9-,10+,11?,12-,13?,14?,15-,16-,17?,18?,19?,21+,22?,24?/m1/s1. The number of guanidine groups is 1. The lowest BCUT2D eigenvalue weighted by Crippen LogP contribution is -2.67. The Bertz CT molecular complexity index is 971. The lowest BCUT2D eigenvalue weighted by atomic mass is 9.77. The van der Waals surface area contributed by atoms with Crippen molar-refractivity contribution in [1.82, 2.24) is 5.32 Å². The summed E-state index contributed by atoms with van der Waals surface area (Å²) in [5.74, 6) is -1.42. The summed E-state index contributed by atoms with van der Waals surface area (Å²) in [5, 5.41) is 74.1. The van der Waals surface area contributed by atoms with Gasteiger partial charge in [-0.05, 0) is 19.4 Å². The van der Waals surface area contributed by atoms with Crippen molar-refractivity contribution in [1.29, 1.82) is 0 Å². The van der Waals surface area contributed by atoms with Gasteiger partial charge in [0.2, 0.25) is 5.91 Å². The molecule has 0 aromatic rings. The number of aliphatic hydroxyl groups is 7. The van der Waals surface area contributed by atoms with Gasteiger partial charge in [0.25, 0.3) is 0 Å². The molecule has 256 valence electrons. The first-order valence-corrected chi connectivity index (χ1v) is 14.2. The molecule has 0 bridgehead atoms. The molecule has 15 atom stereocenters. The zero-order valence-corrected chi connectivity index (χ0v) is 23.9. The van der Waals surface area contributed by atoms with Crippen molar-refractivity contribution in [2.24, 2.45) is 33.7 Å². The van der Waals surface area contributed by atoms with Gasteiger partial charge >= 0.3 is 0 Å². The molecule has 2 aliphatic heterocycles. The maximum Gasteiger partial charge on any atom is 0.249 e. The molecule has 1 amide bonds. The summed E-state index contributed by atoms with van der Waals surface area (Å²) in [5.41, 5.74) is 26.7. The predicted molar refractivity (Wildman–Crippen MR) is 147 cm³/mol. The fourth-order valence-electron chi connectivity index (χ4n) is 5.55. The molecule has 1 saturated carbocycles. The number of alkyl halides is 1. The van der Waals surface area contributed by atoms with Crippen LogP contribution in [0, 0.1) is 0 Å². The molecule has 3 rings (SSSR count). The summed E-state index contributed by atoms with van der Waals surface area (Å²) >= 11 is 0. The van der Waals surface area contributed by atoms with E-state index >= 15 is 4.39 Å². The van der Waals surface area contributed by atoms with Crippen molar-refractivity contribution >= 4 is 11.9 Å². The van der Waals surface area contributed by atoms with Gasteiger partial charge in [0.15, 0.2) is 18.5 Å². The molecular weight excluding hydrogens is 597 g/mol. The third kappa shape index (κ3) is 8.47. The fourth-order valence-corrected chi connectivity index (χ4v) is 5.55. The number of ether oxygens (including phenoxy) is 4. The Morgan fingerprint density at radius 3 is 2.25 bits per heavy atom. The van der Waals surface area contributed by atoms with Crippen LogP contribution >= 0.6 is 0 Å². The molecule has 20 heteroatoms. The summed E-state index contributed by atoms with van der Waals surface area (Å²) in [6.45, 7) is -1.47. The number of amides is 1. The summed E-state index contributed by atoms with van der Waals surface area (Å²) in [6, 6.07) is -2.71. The Kier molecular flexibility index (Phi) is 13.0. The first-order chi connectivity index (χ1) is 20.7. The third-order valence-corrected chi connectivity index (χ3v) is 7.93. The van der Waals surface area contributed by atoms with Crippen molar-refractivity contribution < 1.29 is 63.9 Å². The second-order valence-corrected chi connectivity index (χ2v) is 11.4. The molecule has 0 spiro atoms. The molecule has 2 saturated heterocycles. The quantitative estimate of drug-likeness (QED) is 0.0693. The molecular formula is C24H46FN7O12. The molecule has 0 radical (unpaired) electrons. The Morgan fingerprint density at radius 2 is 1.66 bits per heavy atom. The number of aliphatic imine (C=N–C) groups is 1. The smallest absolute Gasteiger partial charge is 0.249 e. The summed E-state index contributed by atoms with van der Waals surface area (Å²) < 4.78 is 38.2. The summed E-state index contributed by atoms with van der Waals surface area (Å²) in [6.07, 6.45) is -19.7. The number of nitrogens with one attached hydrogen (secondary N) is 1. The monoisotopic (exact) mass is 643 g/mol. The Morgan fingerprint density at radius 1 is 1.00 bits per heavy atom. The van der Waals surface area contributed by atoms with E-state index in [4.69, 9.17) is 47.6 Å². The van der Waals surface area contributed by atoms with Crippen molar-refractivity contribution in [3.63, 3.8) is 0 Å². The minimum atomic E-state index is -1.98. The van der Waals surface area contributed by atoms with Gasteiger partial charge in [-0.2, -0.15) is 0 Å². The molecule has 0 aromatic heterocycles. The largest absolute Gasteiger partial charge is 0.394 e. The van der Waals surface area contributed by atoms with Gasteiger partial charge < -0.3 is 88.7 Å². The molecule has 1 aliphatic carbocycles. The van der Waals surface area contributed by atoms with Crippen LogP contribution < -0.4 is 34.0 Å². The van der Waals surface area contributed by atoms with Crippen molar-refractivity contribution in [3.8, 4) is 0 Å². The third-order valence-electron chi connectivity index (χ3n) is 7.93. The van der Waals surface area contributed by atoms with Gasteiger partial charge in [-0.1, -0.05) is 0 Å². The van der Waals surface area contributed by atoms with Gasteiger partial charge in [-0.3, -0.25) is 4.79 Å². The second kappa shape index (κ2) is 15.6. The Labute approximate surface area is 252 Å². The highest BCUT2D eigenvalue weighted by molar-refractivity contribution is 5.80. The molecule has 44 heavy (non-hydrogen) atoms. The van der Waals surface area contributed by atoms with Crippen LogP contribution in [0.15, 0.2) is 4.99 Å². The summed E-state index contributed by atoms with van der Waals surface area (Å²) in [4.78, 5) is 16.5. The number of carbonyl (C=O) groups excluding carboxylic acids is 1. The normalized spacial score (nSPS) is 43.7. The van der Waals surface area contributed by atoms with E-state index in [0.29, 0.717) is 0 Å². The number of hydrogen-bond acceptors (Lipinski definition) is 16. The van der Waals surface area contributed by atoms with Gasteiger partial charge in [0, 0.05) is 18.5 Å². The van der Waals surface area contributed by atoms with Crippen LogP contribution in [0.25, 0.3) is 0 Å². The van der Waals surface area contributed by atoms with E-state index in [9.17, 15) is 40.5 Å². The highest BCUT2D eigenvalue weighted by Crippen LogP contribution is 2.35. The van der Waals surface area contributed by atoms with E-state index in [1.165, 1.54) is 0 Å². The van der Waals surface area contributed by atoms with E-state index in [1.807, 2.05) is 0 Å². The average molecular weight is 644 g/mol. The highest BCUT2D eigenvalue weighted by atomic mass is 19.1. The number of halogens is 1. The topological polar surface area (TPSA) is 350 Å². The van der Waals surface area contributed by atoms with Crippen molar-refractivity contribution in [2.75, 3.05) is 26.3 Å². The van der Waals surface area contributed by atoms with Gasteiger partial charge in [-0.25, -0.2) is 9.38 Å². The van der Waals surface area contributed by atoms with Crippen LogP contribution in [-0.2, 0) is 23.7 Å². The Balaban J connectivity index is 1.82. The number of nitrogens with zero attached hydrogens (tertiary/aromatic N) is 1. The van der Waals surface area contributed by atoms with Crippen LogP contribution in [0.2, 0.25) is 0 Å². The zero-order valence-electron chi connectivity index (χ0n) is 23.9. The van der Waals surface area contributed by atoms with Gasteiger partial charge in [0.1, 0.15) is 67.1 Å². The van der Waals surface area contributed by atoms with E-state index in [1.54, 1.807) is 0 Å². The fraction of sp³-hybridized carbons (Fsp3) is 0.917. The molecule has 19 nitrogen and oxygen atoms in total. The highest BCUT2D eigenvalue weighted by Gasteiger charge is 2.52. The maximum atomic E-state index is 15.9. The molecule has 3 aliphatic rings. The summed E-state index contributed by atoms with van der Waals surface area (Å²) in [7, 11) is 0. The zero-order chi connectivity index (χ0) is 32.9. The van der Waals surface area contributed by atoms with Crippen LogP contribution in [0.1, 0.15) is 19.3 Å². The number of nitrogens with two attached hydrogens (primary N) is 5. The van der Waals surface area contributed by atoms with Gasteiger partial charge in [0.05, 0.1) is 19.3 Å². The second-order valence-electron chi connectivity index (χ2n) is 11.4. The maximum absolute atomic E-state index is 15.9. The number of carbonyl (C=O) groups is 1. The number of hydrogen-bond donors (Lipinski definition) is 13. The molecule has 0 aromatic carbocycles. The van der Waals surface area contributed by atoms with Crippen LogP contribution in [-0.4, -0.2) is 165 Å². The van der Waals surface area contributed by atoms with Crippen molar-refractivity contribution in [3.05, 3.63) is 0 Å². The van der Waals surface area contributed by atoms with E-state index in [0.717, 1.165) is 0 Å². The molecule has 3 fully saturated rings. The SMILES string of the molecule is NCC[C@H](O)C(=O)N[C@@H]1CC(N)(CO[C@H]2OC(CN)[C@@H](O)C(O)C2O)CC(F)C1OC1O[C@H](CO)C(O)C(N=C(N)N)[C@H]1O. The Hall–Kier alpha value is -1.89. The van der Waals surface area contributed by atoms with Gasteiger partial charge in [-0.15, -0.1) is 0 Å². The lowest BCUT2D eigenvalue weighted by molar-refractivity contribution is -0.304. The lowest BCUT2D eigenvalue weighted by Gasteiger charge is -2.48. The van der Waals surface area contributed by atoms with E-state index in [-0.39, 0.29) is 25.9 Å². The van der Waals surface area contributed by atoms with Crippen molar-refractivity contribution in [2.45, 2.75) is 111 Å². The van der Waals surface area contributed by atoms with E-state index < -0.39 is 123 Å². The number of aliphatic hydroxyl groups excluding tert-OH is 7. The average Bonchev–Trinajstić information content (AvgIpc) is 2.96. The predicted octanol–water partition coefficient (Wildman–Crippen LogP) is -7.74.